The number of hydrogen-bond donors (Lipinski definition) is 3. The lowest BCUT2D eigenvalue weighted by atomic mass is 10.1. The van der Waals surface area contributed by atoms with E-state index >= 15 is 0 Å². The van der Waals surface area contributed by atoms with Gasteiger partial charge in [0.2, 0.25) is 5.91 Å². The highest BCUT2D eigenvalue weighted by molar-refractivity contribution is 5.96. The molecule has 0 radical (unpaired) electrons. The van der Waals surface area contributed by atoms with Crippen molar-refractivity contribution in [2.45, 2.75) is 19.4 Å². The molecule has 0 saturated heterocycles. The van der Waals surface area contributed by atoms with Crippen molar-refractivity contribution in [2.75, 3.05) is 26.7 Å². The molecule has 8 nitrogen and oxygen atoms in total. The quantitative estimate of drug-likeness (QED) is 0.679. The van der Waals surface area contributed by atoms with Gasteiger partial charge in [-0.3, -0.25) is 19.7 Å². The standard InChI is InChI=1S/C17H22N6O2/c1-23(9-6-12-4-2-3-7-19-12)15(24)11-20-17(25)16-13-10-18-8-5-14(13)21-22-16/h2-4,7,18H,5-6,8-11H2,1H3,(H,20,25)(H,21,22). The molecular weight excluding hydrogens is 320 g/mol. The highest BCUT2D eigenvalue weighted by atomic mass is 16.2. The van der Waals surface area contributed by atoms with Gasteiger partial charge in [0.25, 0.3) is 5.91 Å². The van der Waals surface area contributed by atoms with E-state index in [1.807, 2.05) is 18.2 Å². The summed E-state index contributed by atoms with van der Waals surface area (Å²) >= 11 is 0. The molecule has 0 spiro atoms. The van der Waals surface area contributed by atoms with Crippen LogP contribution in [0.4, 0.5) is 0 Å². The molecule has 0 fully saturated rings. The molecule has 2 aromatic heterocycles. The van der Waals surface area contributed by atoms with Crippen molar-refractivity contribution in [3.05, 3.63) is 47.0 Å². The lowest BCUT2D eigenvalue weighted by Crippen LogP contribution is -2.39. The smallest absolute Gasteiger partial charge is 0.272 e. The third-order valence-corrected chi connectivity index (χ3v) is 4.28. The minimum atomic E-state index is -0.326. The van der Waals surface area contributed by atoms with E-state index in [2.05, 4.69) is 25.8 Å². The maximum atomic E-state index is 12.3. The molecule has 8 heteroatoms. The molecular formula is C17H22N6O2. The van der Waals surface area contributed by atoms with Gasteiger partial charge in [0.1, 0.15) is 0 Å². The van der Waals surface area contributed by atoms with Crippen LogP contribution in [0.25, 0.3) is 0 Å². The number of carbonyl (C=O) groups is 2. The molecule has 0 aliphatic carbocycles. The Morgan fingerprint density at radius 2 is 2.24 bits per heavy atom. The van der Waals surface area contributed by atoms with Gasteiger partial charge in [0.15, 0.2) is 5.69 Å². The molecule has 0 bridgehead atoms. The van der Waals surface area contributed by atoms with Crippen molar-refractivity contribution in [3.63, 3.8) is 0 Å². The SMILES string of the molecule is CN(CCc1ccccn1)C(=O)CNC(=O)c1n[nH]c2c1CNCC2. The number of amides is 2. The summed E-state index contributed by atoms with van der Waals surface area (Å²) in [6, 6.07) is 5.70. The molecule has 2 amide bonds. The average molecular weight is 342 g/mol. The largest absolute Gasteiger partial charge is 0.344 e. The van der Waals surface area contributed by atoms with Crippen LogP contribution in [0.3, 0.4) is 0 Å². The Labute approximate surface area is 146 Å². The molecule has 2 aromatic rings. The van der Waals surface area contributed by atoms with Crippen molar-refractivity contribution in [3.8, 4) is 0 Å². The van der Waals surface area contributed by atoms with E-state index in [0.717, 1.165) is 29.9 Å². The van der Waals surface area contributed by atoms with Crippen molar-refractivity contribution < 1.29 is 9.59 Å². The summed E-state index contributed by atoms with van der Waals surface area (Å²) in [5, 5.41) is 12.9. The van der Waals surface area contributed by atoms with Gasteiger partial charge in [0, 0.05) is 62.7 Å². The highest BCUT2D eigenvalue weighted by Crippen LogP contribution is 2.14. The predicted molar refractivity (Wildman–Crippen MR) is 91.9 cm³/mol. The van der Waals surface area contributed by atoms with Crippen LogP contribution in [0.15, 0.2) is 24.4 Å². The lowest BCUT2D eigenvalue weighted by Gasteiger charge is -2.17. The third kappa shape index (κ3) is 4.21. The Morgan fingerprint density at radius 3 is 3.04 bits per heavy atom. The molecule has 0 saturated carbocycles. The molecule has 0 aromatic carbocycles. The number of pyridine rings is 1. The third-order valence-electron chi connectivity index (χ3n) is 4.28. The summed E-state index contributed by atoms with van der Waals surface area (Å²) in [5.41, 5.74) is 3.18. The Balaban J connectivity index is 1.48. The zero-order valence-electron chi connectivity index (χ0n) is 14.2. The molecule has 132 valence electrons. The van der Waals surface area contributed by atoms with Gasteiger partial charge in [-0.05, 0) is 12.1 Å². The van der Waals surface area contributed by atoms with Crippen LogP contribution >= 0.6 is 0 Å². The summed E-state index contributed by atoms with van der Waals surface area (Å²) in [6.45, 7) is 1.99. The van der Waals surface area contributed by atoms with Gasteiger partial charge >= 0.3 is 0 Å². The van der Waals surface area contributed by atoms with Crippen molar-refractivity contribution in [1.29, 1.82) is 0 Å². The number of carbonyl (C=O) groups excluding carboxylic acids is 2. The normalized spacial score (nSPS) is 13.2. The van der Waals surface area contributed by atoms with E-state index in [1.54, 1.807) is 18.1 Å². The summed E-state index contributed by atoms with van der Waals surface area (Å²) in [7, 11) is 1.72. The average Bonchev–Trinajstić information content (AvgIpc) is 3.09. The van der Waals surface area contributed by atoms with Crippen LogP contribution in [0.2, 0.25) is 0 Å². The second kappa shape index (κ2) is 7.89. The first-order chi connectivity index (χ1) is 12.1. The van der Waals surface area contributed by atoms with Crippen molar-refractivity contribution in [2.24, 2.45) is 0 Å². The molecule has 1 aliphatic rings. The van der Waals surface area contributed by atoms with E-state index in [9.17, 15) is 9.59 Å². The van der Waals surface area contributed by atoms with Crippen molar-refractivity contribution in [1.82, 2.24) is 30.7 Å². The van der Waals surface area contributed by atoms with Crippen molar-refractivity contribution >= 4 is 11.8 Å². The highest BCUT2D eigenvalue weighted by Gasteiger charge is 2.22. The van der Waals surface area contributed by atoms with Crippen LogP contribution in [-0.4, -0.2) is 58.6 Å². The van der Waals surface area contributed by atoms with E-state index in [1.165, 1.54) is 0 Å². The number of H-pyrrole nitrogens is 1. The topological polar surface area (TPSA) is 103 Å². The minimum absolute atomic E-state index is 0.0490. The number of nitrogens with one attached hydrogen (secondary N) is 3. The van der Waals surface area contributed by atoms with Gasteiger partial charge < -0.3 is 15.5 Å². The van der Waals surface area contributed by atoms with Gasteiger partial charge in [-0.1, -0.05) is 6.07 Å². The number of rotatable bonds is 6. The Kier molecular flexibility index (Phi) is 5.39. The Hall–Kier alpha value is -2.74. The first-order valence-corrected chi connectivity index (χ1v) is 8.34. The van der Waals surface area contributed by atoms with Crippen LogP contribution in [-0.2, 0) is 24.2 Å². The monoisotopic (exact) mass is 342 g/mol. The zero-order chi connectivity index (χ0) is 17.6. The molecule has 0 unspecified atom stereocenters. The first-order valence-electron chi connectivity index (χ1n) is 8.34. The maximum absolute atomic E-state index is 12.3. The molecule has 3 N–H and O–H groups in total. The maximum Gasteiger partial charge on any atom is 0.272 e. The van der Waals surface area contributed by atoms with Gasteiger partial charge in [0.05, 0.1) is 6.54 Å². The zero-order valence-corrected chi connectivity index (χ0v) is 14.2. The summed E-state index contributed by atoms with van der Waals surface area (Å²) in [6.07, 6.45) is 3.23. The lowest BCUT2D eigenvalue weighted by molar-refractivity contribution is -0.128. The molecule has 1 aliphatic heterocycles. The van der Waals surface area contributed by atoms with E-state index < -0.39 is 0 Å². The van der Waals surface area contributed by atoms with Crippen LogP contribution < -0.4 is 10.6 Å². The fraction of sp³-hybridized carbons (Fsp3) is 0.412. The number of aromatic nitrogens is 3. The second-order valence-corrected chi connectivity index (χ2v) is 6.03. The van der Waals surface area contributed by atoms with Crippen LogP contribution in [0, 0.1) is 0 Å². The summed E-state index contributed by atoms with van der Waals surface area (Å²) in [4.78, 5) is 30.3. The molecule has 0 atom stereocenters. The number of likely N-dealkylation sites (N-methyl/N-ethyl adjacent to an activating group) is 1. The first kappa shape index (κ1) is 17.1. The Bertz CT molecular complexity index is 743. The van der Waals surface area contributed by atoms with Gasteiger partial charge in [-0.2, -0.15) is 5.10 Å². The molecule has 3 heterocycles. The van der Waals surface area contributed by atoms with E-state index in [0.29, 0.717) is 25.2 Å². The Morgan fingerprint density at radius 1 is 1.36 bits per heavy atom. The number of nitrogens with zero attached hydrogens (tertiary/aromatic N) is 3. The second-order valence-electron chi connectivity index (χ2n) is 6.03. The minimum Gasteiger partial charge on any atom is -0.344 e. The molecule has 3 rings (SSSR count). The number of hydrogen-bond acceptors (Lipinski definition) is 5. The fourth-order valence-electron chi connectivity index (χ4n) is 2.74. The van der Waals surface area contributed by atoms with Gasteiger partial charge in [-0.25, -0.2) is 0 Å². The van der Waals surface area contributed by atoms with E-state index in [4.69, 9.17) is 0 Å². The summed E-state index contributed by atoms with van der Waals surface area (Å²) in [5.74, 6) is -0.473. The predicted octanol–water partition coefficient (Wildman–Crippen LogP) is -0.119. The molecule has 25 heavy (non-hydrogen) atoms. The van der Waals surface area contributed by atoms with Crippen LogP contribution in [0.1, 0.15) is 27.4 Å². The fourth-order valence-corrected chi connectivity index (χ4v) is 2.74. The van der Waals surface area contributed by atoms with E-state index in [-0.39, 0.29) is 18.4 Å². The van der Waals surface area contributed by atoms with Gasteiger partial charge in [-0.15, -0.1) is 0 Å². The van der Waals surface area contributed by atoms with Crippen LogP contribution in [0.5, 0.6) is 0 Å². The number of fused-ring (bicyclic) bond motifs is 1. The number of aromatic amines is 1. The summed E-state index contributed by atoms with van der Waals surface area (Å²) < 4.78 is 0.